The lowest BCUT2D eigenvalue weighted by molar-refractivity contribution is -0.149. The molecule has 5 rings (SSSR count). The van der Waals surface area contributed by atoms with Crippen LogP contribution in [0.15, 0.2) is 12.4 Å². The number of hydrogen-bond donors (Lipinski definition) is 0. The van der Waals surface area contributed by atoms with E-state index in [1.165, 1.54) is 18.5 Å². The number of rotatable bonds is 3. The van der Waals surface area contributed by atoms with E-state index < -0.39 is 0 Å². The molecule has 1 spiro atoms. The van der Waals surface area contributed by atoms with Crippen molar-refractivity contribution >= 4 is 11.7 Å². The van der Waals surface area contributed by atoms with Gasteiger partial charge in [-0.15, -0.1) is 0 Å². The normalized spacial score (nSPS) is 30.4. The molecule has 3 aliphatic heterocycles. The number of nitrogens with zero attached hydrogens (tertiary/aromatic N) is 4. The Balaban J connectivity index is 1.33. The molecule has 0 aromatic carbocycles. The van der Waals surface area contributed by atoms with E-state index in [0.29, 0.717) is 17.9 Å². The topological polar surface area (TPSA) is 58.6 Å². The first kappa shape index (κ1) is 16.5. The summed E-state index contributed by atoms with van der Waals surface area (Å²) in [6.07, 6.45) is 9.26. The fraction of sp³-hybridized carbons (Fsp3) is 0.750. The van der Waals surface area contributed by atoms with Crippen molar-refractivity contribution in [2.75, 3.05) is 37.7 Å². The van der Waals surface area contributed by atoms with E-state index in [-0.39, 0.29) is 5.41 Å². The summed E-state index contributed by atoms with van der Waals surface area (Å²) in [5, 5.41) is 0. The van der Waals surface area contributed by atoms with E-state index in [1.807, 2.05) is 0 Å². The minimum absolute atomic E-state index is 0.207. The minimum Gasteiger partial charge on any atom is -0.381 e. The fourth-order valence-corrected chi connectivity index (χ4v) is 5.03. The zero-order valence-corrected chi connectivity index (χ0v) is 15.4. The number of ether oxygens (including phenoxy) is 1. The highest BCUT2D eigenvalue weighted by atomic mass is 16.5. The molecule has 6 heteroatoms. The highest BCUT2D eigenvalue weighted by Crippen LogP contribution is 2.44. The van der Waals surface area contributed by atoms with E-state index >= 15 is 0 Å². The third-order valence-electron chi connectivity index (χ3n) is 6.75. The summed E-state index contributed by atoms with van der Waals surface area (Å²) in [5.74, 6) is 2.03. The molecule has 1 aliphatic carbocycles. The van der Waals surface area contributed by atoms with Crippen molar-refractivity contribution in [3.8, 4) is 0 Å². The summed E-state index contributed by atoms with van der Waals surface area (Å²) >= 11 is 0. The zero-order chi connectivity index (χ0) is 17.6. The van der Waals surface area contributed by atoms with Gasteiger partial charge in [-0.2, -0.15) is 0 Å². The van der Waals surface area contributed by atoms with Crippen molar-refractivity contribution in [3.63, 3.8) is 0 Å². The van der Waals surface area contributed by atoms with Crippen molar-refractivity contribution in [3.05, 3.63) is 18.1 Å². The Morgan fingerprint density at radius 1 is 1.08 bits per heavy atom. The van der Waals surface area contributed by atoms with Crippen LogP contribution in [0.25, 0.3) is 0 Å². The van der Waals surface area contributed by atoms with Crippen LogP contribution in [-0.4, -0.2) is 59.7 Å². The van der Waals surface area contributed by atoms with Gasteiger partial charge in [-0.1, -0.05) is 0 Å². The fourth-order valence-electron chi connectivity index (χ4n) is 5.03. The summed E-state index contributed by atoms with van der Waals surface area (Å²) in [6, 6.07) is 2.53. The Morgan fingerprint density at radius 3 is 2.73 bits per heavy atom. The van der Waals surface area contributed by atoms with Gasteiger partial charge in [-0.05, 0) is 44.9 Å². The van der Waals surface area contributed by atoms with Gasteiger partial charge in [0.15, 0.2) is 0 Å². The van der Waals surface area contributed by atoms with Crippen LogP contribution < -0.4 is 4.90 Å². The molecule has 0 radical (unpaired) electrons. The molecule has 4 fully saturated rings. The Hall–Kier alpha value is -1.69. The average Bonchev–Trinajstić information content (AvgIpc) is 3.46. The van der Waals surface area contributed by atoms with Crippen LogP contribution in [0.2, 0.25) is 0 Å². The molecule has 0 N–H and O–H groups in total. The number of piperidine rings is 1. The molecule has 3 saturated heterocycles. The summed E-state index contributed by atoms with van der Waals surface area (Å²) in [6.45, 7) is 4.24. The van der Waals surface area contributed by atoms with Gasteiger partial charge in [0.05, 0.1) is 5.41 Å². The number of carbonyl (C=O) groups excluding carboxylic acids is 1. The molecule has 26 heavy (non-hydrogen) atoms. The van der Waals surface area contributed by atoms with Crippen molar-refractivity contribution in [2.24, 2.45) is 5.41 Å². The van der Waals surface area contributed by atoms with E-state index in [4.69, 9.17) is 4.74 Å². The smallest absolute Gasteiger partial charge is 0.230 e. The quantitative estimate of drug-likeness (QED) is 0.832. The van der Waals surface area contributed by atoms with E-state index in [0.717, 1.165) is 70.8 Å². The van der Waals surface area contributed by atoms with Gasteiger partial charge in [-0.3, -0.25) is 4.79 Å². The van der Waals surface area contributed by atoms with Gasteiger partial charge in [0.2, 0.25) is 5.91 Å². The van der Waals surface area contributed by atoms with Crippen LogP contribution in [0.3, 0.4) is 0 Å². The molecule has 1 amide bonds. The summed E-state index contributed by atoms with van der Waals surface area (Å²) in [4.78, 5) is 26.9. The van der Waals surface area contributed by atoms with E-state index in [1.54, 1.807) is 6.33 Å². The molecular formula is C20H28N4O2. The van der Waals surface area contributed by atoms with Gasteiger partial charge in [0.1, 0.15) is 12.1 Å². The second kappa shape index (κ2) is 6.48. The summed E-state index contributed by atoms with van der Waals surface area (Å²) < 4.78 is 5.49. The monoisotopic (exact) mass is 356 g/mol. The molecule has 4 aliphatic rings. The Bertz CT molecular complexity index is 686. The van der Waals surface area contributed by atoms with Crippen LogP contribution in [-0.2, 0) is 9.53 Å². The number of amides is 1. The lowest BCUT2D eigenvalue weighted by Crippen LogP contribution is -2.54. The molecule has 1 aromatic rings. The lowest BCUT2D eigenvalue weighted by atomic mass is 9.77. The second-order valence-corrected chi connectivity index (χ2v) is 8.47. The van der Waals surface area contributed by atoms with Crippen LogP contribution in [0, 0.1) is 5.41 Å². The molecule has 0 unspecified atom stereocenters. The number of hydrogen-bond acceptors (Lipinski definition) is 5. The maximum Gasteiger partial charge on any atom is 0.230 e. The highest BCUT2D eigenvalue weighted by molar-refractivity contribution is 5.85. The van der Waals surface area contributed by atoms with Gasteiger partial charge in [0, 0.05) is 56.6 Å². The first-order valence-corrected chi connectivity index (χ1v) is 10.2. The number of aromatic nitrogens is 2. The molecule has 0 bridgehead atoms. The third kappa shape index (κ3) is 2.88. The van der Waals surface area contributed by atoms with Crippen molar-refractivity contribution in [2.45, 2.75) is 56.9 Å². The lowest BCUT2D eigenvalue weighted by Gasteiger charge is -2.44. The SMILES string of the molecule is O=C1N(C2CCOCC2)CCC[C@@]12CCN(c1cc(C3CC3)ncn1)C2. The van der Waals surface area contributed by atoms with Gasteiger partial charge >= 0.3 is 0 Å². The molecule has 6 nitrogen and oxygen atoms in total. The highest BCUT2D eigenvalue weighted by Gasteiger charge is 2.50. The van der Waals surface area contributed by atoms with Crippen LogP contribution in [0.1, 0.15) is 56.6 Å². The minimum atomic E-state index is -0.207. The number of likely N-dealkylation sites (tertiary alicyclic amines) is 1. The summed E-state index contributed by atoms with van der Waals surface area (Å²) in [5.41, 5.74) is 0.969. The molecular weight excluding hydrogens is 328 g/mol. The molecule has 1 saturated carbocycles. The Labute approximate surface area is 154 Å². The summed E-state index contributed by atoms with van der Waals surface area (Å²) in [7, 11) is 0. The second-order valence-electron chi connectivity index (χ2n) is 8.47. The predicted octanol–water partition coefficient (Wildman–Crippen LogP) is 2.35. The van der Waals surface area contributed by atoms with Gasteiger partial charge < -0.3 is 14.5 Å². The standard InChI is InChI=1S/C20H28N4O2/c25-19-20(6-1-8-24(19)16-4-10-26-11-5-16)7-9-23(13-20)18-12-17(15-2-3-15)21-14-22-18/h12,14-16H,1-11,13H2/t20-/m0/s1. The third-order valence-corrected chi connectivity index (χ3v) is 6.75. The molecule has 1 aromatic heterocycles. The molecule has 140 valence electrons. The first-order chi connectivity index (χ1) is 12.8. The average molecular weight is 356 g/mol. The molecule has 4 heterocycles. The molecule has 1 atom stereocenters. The van der Waals surface area contributed by atoms with Crippen LogP contribution >= 0.6 is 0 Å². The number of anilines is 1. The number of carbonyl (C=O) groups is 1. The van der Waals surface area contributed by atoms with Crippen molar-refractivity contribution < 1.29 is 9.53 Å². The van der Waals surface area contributed by atoms with Gasteiger partial charge in [0.25, 0.3) is 0 Å². The van der Waals surface area contributed by atoms with E-state index in [2.05, 4.69) is 25.8 Å². The zero-order valence-electron chi connectivity index (χ0n) is 15.4. The maximum absolute atomic E-state index is 13.4. The van der Waals surface area contributed by atoms with Gasteiger partial charge in [-0.25, -0.2) is 9.97 Å². The van der Waals surface area contributed by atoms with Crippen LogP contribution in [0.4, 0.5) is 5.82 Å². The Kier molecular flexibility index (Phi) is 4.11. The maximum atomic E-state index is 13.4. The Morgan fingerprint density at radius 2 is 1.92 bits per heavy atom. The van der Waals surface area contributed by atoms with Crippen molar-refractivity contribution in [1.82, 2.24) is 14.9 Å². The first-order valence-electron chi connectivity index (χ1n) is 10.2. The van der Waals surface area contributed by atoms with E-state index in [9.17, 15) is 4.79 Å². The van der Waals surface area contributed by atoms with Crippen molar-refractivity contribution in [1.29, 1.82) is 0 Å². The predicted molar refractivity (Wildman–Crippen MR) is 98.1 cm³/mol. The largest absolute Gasteiger partial charge is 0.381 e. The van der Waals surface area contributed by atoms with Crippen LogP contribution in [0.5, 0.6) is 0 Å².